The first kappa shape index (κ1) is 19.7. The molecule has 0 radical (unpaired) electrons. The zero-order valence-corrected chi connectivity index (χ0v) is 18.3. The van der Waals surface area contributed by atoms with E-state index in [1.807, 2.05) is 29.3 Å². The number of nitrogens with one attached hydrogen (secondary N) is 2. The summed E-state index contributed by atoms with van der Waals surface area (Å²) in [7, 11) is 0. The largest absolute Gasteiger partial charge is 0.346 e. The number of carbonyl (C=O) groups is 2. The second kappa shape index (κ2) is 7.58. The molecule has 1 atom stereocenters. The molecule has 1 aliphatic carbocycles. The van der Waals surface area contributed by atoms with Crippen LogP contribution < -0.4 is 4.90 Å². The van der Waals surface area contributed by atoms with E-state index in [0.717, 1.165) is 46.9 Å². The lowest BCUT2D eigenvalue weighted by Crippen LogP contribution is -2.38. The van der Waals surface area contributed by atoms with E-state index in [4.69, 9.17) is 4.98 Å². The Morgan fingerprint density at radius 1 is 1.15 bits per heavy atom. The molecule has 2 N–H and O–H groups in total. The second-order valence-corrected chi connectivity index (χ2v) is 8.88. The van der Waals surface area contributed by atoms with Crippen LogP contribution in [-0.2, 0) is 4.79 Å². The molecule has 33 heavy (non-hydrogen) atoms. The van der Waals surface area contributed by atoms with Gasteiger partial charge in [0, 0.05) is 48.5 Å². The Morgan fingerprint density at radius 2 is 1.94 bits per heavy atom. The van der Waals surface area contributed by atoms with Crippen LogP contribution in [-0.4, -0.2) is 56.3 Å². The maximum Gasteiger partial charge on any atom is 0.254 e. The third-order valence-corrected chi connectivity index (χ3v) is 6.68. The number of H-pyrrole nitrogens is 2. The Labute approximate surface area is 190 Å². The van der Waals surface area contributed by atoms with Gasteiger partial charge in [0.2, 0.25) is 6.41 Å². The molecule has 1 fully saturated rings. The van der Waals surface area contributed by atoms with Gasteiger partial charge in [-0.05, 0) is 54.2 Å². The number of aromatic amines is 2. The van der Waals surface area contributed by atoms with Gasteiger partial charge >= 0.3 is 0 Å². The summed E-state index contributed by atoms with van der Waals surface area (Å²) in [4.78, 5) is 44.0. The number of nitrogens with zero attached hydrogens (tertiary/aromatic N) is 4. The van der Waals surface area contributed by atoms with Crippen LogP contribution in [0.5, 0.6) is 0 Å². The van der Waals surface area contributed by atoms with E-state index >= 15 is 0 Å². The average molecular weight is 441 g/mol. The molecule has 0 aromatic carbocycles. The van der Waals surface area contributed by atoms with Crippen LogP contribution in [0.2, 0.25) is 0 Å². The number of rotatable bonds is 5. The zero-order valence-electron chi connectivity index (χ0n) is 18.3. The van der Waals surface area contributed by atoms with Crippen molar-refractivity contribution in [3.8, 4) is 0 Å². The van der Waals surface area contributed by atoms with E-state index in [1.54, 1.807) is 23.4 Å². The number of pyridine rings is 2. The minimum Gasteiger partial charge on any atom is -0.346 e. The van der Waals surface area contributed by atoms with E-state index in [1.165, 1.54) is 5.57 Å². The van der Waals surface area contributed by atoms with Crippen molar-refractivity contribution in [1.82, 2.24) is 24.8 Å². The summed E-state index contributed by atoms with van der Waals surface area (Å²) < 4.78 is 0. The predicted molar refractivity (Wildman–Crippen MR) is 127 cm³/mol. The minimum atomic E-state index is 0.00669. The Kier molecular flexibility index (Phi) is 4.53. The fraction of sp³-hybridized carbons (Fsp3) is 0.280. The Hall–Kier alpha value is -3.94. The molecule has 0 saturated heterocycles. The molecule has 2 amide bonds. The number of hydrogen-bond acceptors (Lipinski definition) is 4. The predicted octanol–water partition coefficient (Wildman–Crippen LogP) is 3.74. The topological polar surface area (TPSA) is 98.0 Å². The van der Waals surface area contributed by atoms with Gasteiger partial charge in [0.05, 0.1) is 5.56 Å². The number of fused-ring (bicyclic) bond motifs is 2. The van der Waals surface area contributed by atoms with Crippen molar-refractivity contribution in [2.45, 2.75) is 25.8 Å². The summed E-state index contributed by atoms with van der Waals surface area (Å²) in [5.41, 5.74) is 4.40. The molecule has 8 heteroatoms. The molecule has 6 rings (SSSR count). The lowest BCUT2D eigenvalue weighted by atomic mass is 9.89. The first-order valence-electron chi connectivity index (χ1n) is 11.3. The van der Waals surface area contributed by atoms with Crippen molar-refractivity contribution in [3.05, 3.63) is 60.1 Å². The summed E-state index contributed by atoms with van der Waals surface area (Å²) in [5.74, 6) is 0.813. The molecule has 1 unspecified atom stereocenters. The van der Waals surface area contributed by atoms with Gasteiger partial charge in [0.1, 0.15) is 17.1 Å². The van der Waals surface area contributed by atoms with Crippen LogP contribution in [0, 0.1) is 5.92 Å². The first-order valence-corrected chi connectivity index (χ1v) is 11.3. The SMILES string of the molecule is CC1CN(C(=O)c2ccnc3[nH]ccc23)CC=C1c1cc(N(C=O)C2CC2)nc2[nH]ccc12. The van der Waals surface area contributed by atoms with Gasteiger partial charge in [-0.3, -0.25) is 14.5 Å². The molecule has 0 spiro atoms. The van der Waals surface area contributed by atoms with Crippen LogP contribution in [0.4, 0.5) is 5.82 Å². The Morgan fingerprint density at radius 3 is 2.70 bits per heavy atom. The van der Waals surface area contributed by atoms with Gasteiger partial charge in [-0.1, -0.05) is 13.0 Å². The average Bonchev–Trinajstić information content (AvgIpc) is 3.33. The molecule has 2 aliphatic rings. The van der Waals surface area contributed by atoms with Crippen LogP contribution in [0.1, 0.15) is 35.7 Å². The van der Waals surface area contributed by atoms with Crippen molar-refractivity contribution >= 4 is 45.8 Å². The summed E-state index contributed by atoms with van der Waals surface area (Å²) in [6, 6.07) is 7.96. The molecule has 1 saturated carbocycles. The van der Waals surface area contributed by atoms with Crippen molar-refractivity contribution in [3.63, 3.8) is 0 Å². The smallest absolute Gasteiger partial charge is 0.254 e. The number of anilines is 1. The number of carbonyl (C=O) groups excluding carboxylic acids is 2. The maximum absolute atomic E-state index is 13.3. The van der Waals surface area contributed by atoms with Crippen LogP contribution in [0.15, 0.2) is 48.9 Å². The Bertz CT molecular complexity index is 1410. The molecular weight excluding hydrogens is 416 g/mol. The van der Waals surface area contributed by atoms with Crippen molar-refractivity contribution in [2.75, 3.05) is 18.0 Å². The van der Waals surface area contributed by atoms with Gasteiger partial charge in [0.25, 0.3) is 5.91 Å². The molecule has 166 valence electrons. The van der Waals surface area contributed by atoms with Crippen LogP contribution in [0.3, 0.4) is 0 Å². The normalized spacial score (nSPS) is 18.5. The van der Waals surface area contributed by atoms with Gasteiger partial charge in [-0.15, -0.1) is 0 Å². The third-order valence-electron chi connectivity index (χ3n) is 6.68. The maximum atomic E-state index is 13.3. The van der Waals surface area contributed by atoms with Crippen molar-refractivity contribution in [1.29, 1.82) is 0 Å². The van der Waals surface area contributed by atoms with Gasteiger partial charge in [-0.2, -0.15) is 0 Å². The first-order chi connectivity index (χ1) is 16.1. The van der Waals surface area contributed by atoms with E-state index in [0.29, 0.717) is 24.5 Å². The number of hydrogen-bond donors (Lipinski definition) is 2. The monoisotopic (exact) mass is 440 g/mol. The van der Waals surface area contributed by atoms with E-state index < -0.39 is 0 Å². The zero-order chi connectivity index (χ0) is 22.5. The number of amides is 2. The minimum absolute atomic E-state index is 0.00669. The molecule has 4 aromatic rings. The highest BCUT2D eigenvalue weighted by Gasteiger charge is 2.32. The lowest BCUT2D eigenvalue weighted by molar-refractivity contribution is -0.107. The highest BCUT2D eigenvalue weighted by molar-refractivity contribution is 6.06. The second-order valence-electron chi connectivity index (χ2n) is 8.88. The van der Waals surface area contributed by atoms with Gasteiger partial charge in [0.15, 0.2) is 0 Å². The molecule has 1 aliphatic heterocycles. The summed E-state index contributed by atoms with van der Waals surface area (Å²) in [5, 5.41) is 1.87. The third kappa shape index (κ3) is 3.29. The van der Waals surface area contributed by atoms with E-state index in [9.17, 15) is 9.59 Å². The highest BCUT2D eigenvalue weighted by atomic mass is 16.2. The fourth-order valence-corrected chi connectivity index (χ4v) is 4.85. The standard InChI is InChI=1S/C25H24N6O2/c1-15-13-30(25(33)20-6-10-27-23-18(20)4-8-26-23)11-7-17(15)21-12-22(31(14-32)16-2-3-16)29-24-19(21)5-9-28-24/h4-10,12,14-16H,2-3,11,13H2,1H3,(H,26,27)(H,28,29). The quantitative estimate of drug-likeness (QED) is 0.462. The fourth-order valence-electron chi connectivity index (χ4n) is 4.85. The highest BCUT2D eigenvalue weighted by Crippen LogP contribution is 2.37. The summed E-state index contributed by atoms with van der Waals surface area (Å²) >= 11 is 0. The van der Waals surface area contributed by atoms with E-state index in [-0.39, 0.29) is 17.9 Å². The van der Waals surface area contributed by atoms with Crippen molar-refractivity contribution < 1.29 is 9.59 Å². The van der Waals surface area contributed by atoms with Crippen LogP contribution in [0.25, 0.3) is 27.6 Å². The van der Waals surface area contributed by atoms with Crippen LogP contribution >= 0.6 is 0 Å². The molecule has 4 aromatic heterocycles. The van der Waals surface area contributed by atoms with E-state index in [2.05, 4.69) is 28.0 Å². The summed E-state index contributed by atoms with van der Waals surface area (Å²) in [6.45, 7) is 3.28. The molecule has 5 heterocycles. The molecule has 0 bridgehead atoms. The van der Waals surface area contributed by atoms with Gasteiger partial charge < -0.3 is 14.9 Å². The summed E-state index contributed by atoms with van der Waals surface area (Å²) in [6.07, 6.45) is 10.4. The van der Waals surface area contributed by atoms with Crippen molar-refractivity contribution in [2.24, 2.45) is 5.92 Å². The van der Waals surface area contributed by atoms with Gasteiger partial charge in [-0.25, -0.2) is 9.97 Å². The molecular formula is C25H24N6O2. The lowest BCUT2D eigenvalue weighted by Gasteiger charge is -2.32. The number of aromatic nitrogens is 4. The Balaban J connectivity index is 1.35. The molecule has 8 nitrogen and oxygen atoms in total.